The monoisotopic (exact) mass is 218 g/mol. The van der Waals surface area contributed by atoms with Crippen molar-refractivity contribution in [1.82, 2.24) is 4.98 Å². The summed E-state index contributed by atoms with van der Waals surface area (Å²) < 4.78 is 0. The van der Waals surface area contributed by atoms with E-state index in [-0.39, 0.29) is 0 Å². The van der Waals surface area contributed by atoms with Crippen LogP contribution in [0.15, 0.2) is 58.5 Å². The van der Waals surface area contributed by atoms with Crippen LogP contribution in [-0.2, 0) is 0 Å². The Bertz CT molecular complexity index is 693. The minimum absolute atomic E-state index is 0.994. The van der Waals surface area contributed by atoms with Crippen molar-refractivity contribution in [2.45, 2.75) is 6.42 Å². The molecule has 0 spiro atoms. The van der Waals surface area contributed by atoms with E-state index in [0.29, 0.717) is 0 Å². The van der Waals surface area contributed by atoms with Gasteiger partial charge in [0.2, 0.25) is 0 Å². The number of aromatic nitrogens is 1. The van der Waals surface area contributed by atoms with Crippen molar-refractivity contribution in [3.8, 4) is 0 Å². The van der Waals surface area contributed by atoms with Crippen molar-refractivity contribution in [2.24, 2.45) is 4.99 Å². The molecule has 1 aromatic rings. The van der Waals surface area contributed by atoms with E-state index in [1.807, 2.05) is 24.7 Å². The molecule has 80 valence electrons. The van der Waals surface area contributed by atoms with Gasteiger partial charge in [-0.05, 0) is 22.4 Å². The van der Waals surface area contributed by atoms with Crippen molar-refractivity contribution in [2.75, 3.05) is 0 Å². The topological polar surface area (TPSA) is 25.2 Å². The normalized spacial score (nSPS) is 29.6. The highest BCUT2D eigenvalue weighted by Gasteiger charge is 2.28. The molecule has 0 saturated heterocycles. The molecule has 4 rings (SSSR count). The van der Waals surface area contributed by atoms with Crippen molar-refractivity contribution in [3.63, 3.8) is 0 Å². The highest BCUT2D eigenvalue weighted by atomic mass is 14.8. The van der Waals surface area contributed by atoms with Crippen LogP contribution in [0.5, 0.6) is 0 Å². The molecule has 0 atom stereocenters. The van der Waals surface area contributed by atoms with Gasteiger partial charge < -0.3 is 0 Å². The Morgan fingerprint density at radius 1 is 0.941 bits per heavy atom. The highest BCUT2D eigenvalue weighted by molar-refractivity contribution is 6.14. The minimum atomic E-state index is 0.994. The van der Waals surface area contributed by atoms with E-state index in [1.165, 1.54) is 32.9 Å². The zero-order chi connectivity index (χ0) is 11.2. The molecule has 1 aliphatic heterocycles. The van der Waals surface area contributed by atoms with Crippen LogP contribution >= 0.6 is 0 Å². The van der Waals surface area contributed by atoms with Crippen molar-refractivity contribution >= 4 is 17.9 Å². The summed E-state index contributed by atoms with van der Waals surface area (Å²) in [6.07, 6.45) is 15.4. The molecule has 0 aromatic carbocycles. The van der Waals surface area contributed by atoms with Gasteiger partial charge in [-0.1, -0.05) is 24.3 Å². The Balaban J connectivity index is 2.05. The molecule has 0 unspecified atom stereocenters. The summed E-state index contributed by atoms with van der Waals surface area (Å²) in [5.74, 6) is 0. The largest absolute Gasteiger partial charge is 0.264 e. The molecule has 2 bridgehead atoms. The minimum Gasteiger partial charge on any atom is -0.264 e. The Kier molecular flexibility index (Phi) is 1.64. The van der Waals surface area contributed by atoms with Gasteiger partial charge in [0.05, 0.1) is 5.71 Å². The number of allylic oxidation sites excluding steroid dienone is 5. The van der Waals surface area contributed by atoms with E-state index in [4.69, 9.17) is 0 Å². The first-order chi connectivity index (χ1) is 8.42. The lowest BCUT2D eigenvalue weighted by atomic mass is 10.0. The second-order valence-electron chi connectivity index (χ2n) is 4.41. The van der Waals surface area contributed by atoms with Crippen LogP contribution in [0.3, 0.4) is 0 Å². The fourth-order valence-corrected chi connectivity index (χ4v) is 2.52. The van der Waals surface area contributed by atoms with Crippen LogP contribution in [0.4, 0.5) is 0 Å². The standard InChI is InChI=1S/C15H10N2/c1-4-14-13(12-7-15(14)17-9-12)3-2-11-8-16-6-5-10(1)11/h1-6,8-9H,7H2/b3-2?,4-1?,10-1-,11-2-,13-3-,14-4+. The summed E-state index contributed by atoms with van der Waals surface area (Å²) in [4.78, 5) is 8.58. The predicted octanol–water partition coefficient (Wildman–Crippen LogP) is 1.25. The third-order valence-electron chi connectivity index (χ3n) is 3.43. The Morgan fingerprint density at radius 2 is 1.82 bits per heavy atom. The Labute approximate surface area is 98.7 Å². The first-order valence-corrected chi connectivity index (χ1v) is 5.73. The van der Waals surface area contributed by atoms with Crippen molar-refractivity contribution in [1.29, 1.82) is 0 Å². The third-order valence-corrected chi connectivity index (χ3v) is 3.43. The third kappa shape index (κ3) is 1.21. The van der Waals surface area contributed by atoms with Crippen LogP contribution in [0.2, 0.25) is 0 Å². The van der Waals surface area contributed by atoms with Crippen LogP contribution in [-0.4, -0.2) is 10.7 Å². The van der Waals surface area contributed by atoms with Gasteiger partial charge in [0.1, 0.15) is 0 Å². The molecule has 1 fully saturated rings. The zero-order valence-corrected chi connectivity index (χ0v) is 9.22. The van der Waals surface area contributed by atoms with Gasteiger partial charge in [0, 0.05) is 35.8 Å². The number of rotatable bonds is 0. The molecule has 0 radical (unpaired) electrons. The number of aliphatic imine (C=N–C) groups is 1. The van der Waals surface area contributed by atoms with E-state index in [9.17, 15) is 0 Å². The number of hydrogen-bond donors (Lipinski definition) is 0. The Morgan fingerprint density at radius 3 is 2.82 bits per heavy atom. The maximum Gasteiger partial charge on any atom is 0.0526 e. The maximum atomic E-state index is 4.42. The molecular weight excluding hydrogens is 208 g/mol. The maximum absolute atomic E-state index is 4.42. The first-order valence-electron chi connectivity index (χ1n) is 5.73. The summed E-state index contributed by atoms with van der Waals surface area (Å²) in [6, 6.07) is 2.04. The average molecular weight is 218 g/mol. The van der Waals surface area contributed by atoms with Crippen LogP contribution < -0.4 is 10.4 Å². The predicted molar refractivity (Wildman–Crippen MR) is 68.7 cm³/mol. The van der Waals surface area contributed by atoms with Gasteiger partial charge >= 0.3 is 0 Å². The average Bonchev–Trinajstić information content (AvgIpc) is 2.91. The molecular formula is C15H10N2. The van der Waals surface area contributed by atoms with Gasteiger partial charge in [0.25, 0.3) is 0 Å². The molecule has 0 amide bonds. The van der Waals surface area contributed by atoms with Gasteiger partial charge in [-0.15, -0.1) is 0 Å². The molecule has 2 heterocycles. The summed E-state index contributed by atoms with van der Waals surface area (Å²) in [7, 11) is 0. The summed E-state index contributed by atoms with van der Waals surface area (Å²) in [5.41, 5.74) is 5.14. The van der Waals surface area contributed by atoms with E-state index >= 15 is 0 Å². The lowest BCUT2D eigenvalue weighted by molar-refractivity contribution is 1.27. The first kappa shape index (κ1) is 8.88. The molecule has 2 aliphatic carbocycles. The molecule has 2 nitrogen and oxygen atoms in total. The number of fused-ring (bicyclic) bond motifs is 6. The van der Waals surface area contributed by atoms with Crippen LogP contribution in [0.1, 0.15) is 6.42 Å². The zero-order valence-electron chi connectivity index (χ0n) is 9.22. The summed E-state index contributed by atoms with van der Waals surface area (Å²) in [5, 5.41) is 2.38. The lowest BCUT2D eigenvalue weighted by Crippen LogP contribution is -2.24. The van der Waals surface area contributed by atoms with Gasteiger partial charge in [-0.25, -0.2) is 0 Å². The van der Waals surface area contributed by atoms with Crippen LogP contribution in [0.25, 0.3) is 12.2 Å². The second kappa shape index (κ2) is 3.14. The van der Waals surface area contributed by atoms with E-state index in [0.717, 1.165) is 6.42 Å². The second-order valence-corrected chi connectivity index (χ2v) is 4.41. The molecule has 2 heteroatoms. The number of pyridine rings is 1. The van der Waals surface area contributed by atoms with Gasteiger partial charge in [-0.3, -0.25) is 9.98 Å². The van der Waals surface area contributed by atoms with Crippen LogP contribution in [0, 0.1) is 0 Å². The summed E-state index contributed by atoms with van der Waals surface area (Å²) >= 11 is 0. The molecule has 1 aromatic heterocycles. The molecule has 0 N–H and O–H groups in total. The van der Waals surface area contributed by atoms with Gasteiger partial charge in [0.15, 0.2) is 0 Å². The lowest BCUT2D eigenvalue weighted by Gasteiger charge is -2.05. The number of nitrogens with zero attached hydrogens (tertiary/aromatic N) is 2. The molecule has 3 aliphatic rings. The molecule has 17 heavy (non-hydrogen) atoms. The van der Waals surface area contributed by atoms with E-state index in [2.05, 4.69) is 34.3 Å². The number of hydrogen-bond acceptors (Lipinski definition) is 2. The van der Waals surface area contributed by atoms with Gasteiger partial charge in [-0.2, -0.15) is 0 Å². The summed E-state index contributed by atoms with van der Waals surface area (Å²) in [6.45, 7) is 0. The fraction of sp³-hybridized carbons (Fsp3) is 0.0667. The smallest absolute Gasteiger partial charge is 0.0526 e. The Hall–Kier alpha value is -2.22. The van der Waals surface area contributed by atoms with E-state index < -0.39 is 0 Å². The molecule has 1 saturated carbocycles. The van der Waals surface area contributed by atoms with Crippen molar-refractivity contribution < 1.29 is 0 Å². The van der Waals surface area contributed by atoms with E-state index in [1.54, 1.807) is 0 Å². The fourth-order valence-electron chi connectivity index (χ4n) is 2.52. The SMILES string of the molecule is C1=C2CC(=N1)/C1=C/C=c3/ccnc/c3=C/C=C/21. The van der Waals surface area contributed by atoms with Crippen molar-refractivity contribution in [3.05, 3.63) is 64.0 Å². The highest BCUT2D eigenvalue weighted by Crippen LogP contribution is 2.38. The quantitative estimate of drug-likeness (QED) is 0.643.